The molecule has 0 heterocycles. The number of thioether (sulfide) groups is 1. The molecule has 2 aromatic carbocycles. The summed E-state index contributed by atoms with van der Waals surface area (Å²) in [7, 11) is 3.64. The Morgan fingerprint density at radius 2 is 1.83 bits per heavy atom. The number of likely N-dealkylation sites (N-methyl/N-ethyl adjacent to an activating group) is 1. The van der Waals surface area contributed by atoms with E-state index >= 15 is 0 Å². The molecule has 1 unspecified atom stereocenters. The number of quaternary nitrogens is 1. The van der Waals surface area contributed by atoms with Gasteiger partial charge in [0.25, 0.3) is 5.91 Å². The van der Waals surface area contributed by atoms with E-state index in [1.54, 1.807) is 18.9 Å². The van der Waals surface area contributed by atoms with Crippen LogP contribution < -0.4 is 15.0 Å². The molecular formula is C18H22ClN2O2S+. The number of methoxy groups -OCH3 is 1. The van der Waals surface area contributed by atoms with Crippen LogP contribution in [0.2, 0.25) is 5.02 Å². The van der Waals surface area contributed by atoms with Gasteiger partial charge in [-0.1, -0.05) is 11.6 Å². The Hall–Kier alpha value is -1.69. The van der Waals surface area contributed by atoms with Crippen LogP contribution in [0, 0.1) is 0 Å². The van der Waals surface area contributed by atoms with E-state index in [0.717, 1.165) is 28.8 Å². The topological polar surface area (TPSA) is 42.8 Å². The molecule has 0 saturated heterocycles. The van der Waals surface area contributed by atoms with Gasteiger partial charge >= 0.3 is 0 Å². The highest BCUT2D eigenvalue weighted by Crippen LogP contribution is 2.19. The first-order valence-electron chi connectivity index (χ1n) is 7.70. The summed E-state index contributed by atoms with van der Waals surface area (Å²) in [6.45, 7) is 1.34. The van der Waals surface area contributed by atoms with Crippen molar-refractivity contribution in [3.63, 3.8) is 0 Å². The number of halogens is 1. The molecule has 1 atom stereocenters. The number of nitrogens with one attached hydrogen (secondary N) is 2. The van der Waals surface area contributed by atoms with Crippen molar-refractivity contribution >= 4 is 35.0 Å². The second kappa shape index (κ2) is 9.57. The molecule has 4 nitrogen and oxygen atoms in total. The molecule has 128 valence electrons. The zero-order valence-electron chi connectivity index (χ0n) is 13.8. The smallest absolute Gasteiger partial charge is 0.279 e. The summed E-state index contributed by atoms with van der Waals surface area (Å²) in [6, 6.07) is 15.1. The second-order valence-corrected chi connectivity index (χ2v) is 7.07. The zero-order chi connectivity index (χ0) is 17.4. The standard InChI is InChI=1S/C18H21ClN2O2S/c1-21(11-12-24-17-9-3-14(19)4-10-17)13-18(22)20-15-5-7-16(23-2)8-6-15/h3-10H,11-13H2,1-2H3,(H,20,22)/p+1. The summed E-state index contributed by atoms with van der Waals surface area (Å²) in [5.74, 6) is 1.73. The number of hydrogen-bond donors (Lipinski definition) is 2. The molecule has 2 rings (SSSR count). The van der Waals surface area contributed by atoms with Crippen LogP contribution in [0.25, 0.3) is 0 Å². The molecule has 0 aliphatic rings. The van der Waals surface area contributed by atoms with E-state index in [9.17, 15) is 4.79 Å². The lowest BCUT2D eigenvalue weighted by Crippen LogP contribution is -3.10. The van der Waals surface area contributed by atoms with Crippen LogP contribution >= 0.6 is 23.4 Å². The fourth-order valence-corrected chi connectivity index (χ4v) is 3.26. The predicted octanol–water partition coefficient (Wildman–Crippen LogP) is 2.59. The minimum Gasteiger partial charge on any atom is -0.497 e. The van der Waals surface area contributed by atoms with Crippen molar-refractivity contribution < 1.29 is 14.4 Å². The highest BCUT2D eigenvalue weighted by Gasteiger charge is 2.10. The van der Waals surface area contributed by atoms with Crippen molar-refractivity contribution in [2.45, 2.75) is 4.90 Å². The molecule has 2 aromatic rings. The largest absolute Gasteiger partial charge is 0.497 e. The molecular weight excluding hydrogens is 344 g/mol. The number of rotatable bonds is 8. The normalized spacial score (nSPS) is 11.8. The number of hydrogen-bond acceptors (Lipinski definition) is 3. The Kier molecular flexibility index (Phi) is 7.43. The maximum Gasteiger partial charge on any atom is 0.279 e. The highest BCUT2D eigenvalue weighted by atomic mass is 35.5. The van der Waals surface area contributed by atoms with E-state index < -0.39 is 0 Å². The zero-order valence-corrected chi connectivity index (χ0v) is 15.4. The van der Waals surface area contributed by atoms with Crippen molar-refractivity contribution in [3.05, 3.63) is 53.6 Å². The van der Waals surface area contributed by atoms with Crippen molar-refractivity contribution in [2.24, 2.45) is 0 Å². The molecule has 0 radical (unpaired) electrons. The molecule has 0 bridgehead atoms. The van der Waals surface area contributed by atoms with Crippen LogP contribution in [0.5, 0.6) is 5.75 Å². The number of carbonyl (C=O) groups excluding carboxylic acids is 1. The summed E-state index contributed by atoms with van der Waals surface area (Å²) in [4.78, 5) is 14.4. The van der Waals surface area contributed by atoms with Gasteiger partial charge in [0.05, 0.1) is 20.7 Å². The Morgan fingerprint density at radius 3 is 2.46 bits per heavy atom. The Morgan fingerprint density at radius 1 is 1.17 bits per heavy atom. The third-order valence-electron chi connectivity index (χ3n) is 3.45. The van der Waals surface area contributed by atoms with Gasteiger partial charge in [-0.25, -0.2) is 0 Å². The Bertz CT molecular complexity index is 647. The molecule has 0 aliphatic carbocycles. The SMILES string of the molecule is COc1ccc(NC(=O)C[NH+](C)CCSc2ccc(Cl)cc2)cc1. The minimum absolute atomic E-state index is 0.00848. The summed E-state index contributed by atoms with van der Waals surface area (Å²) < 4.78 is 5.10. The number of ether oxygens (including phenoxy) is 1. The fraction of sp³-hybridized carbons (Fsp3) is 0.278. The average Bonchev–Trinajstić information content (AvgIpc) is 2.57. The van der Waals surface area contributed by atoms with Crippen LogP contribution in [-0.2, 0) is 4.79 Å². The monoisotopic (exact) mass is 365 g/mol. The minimum atomic E-state index is 0.00848. The van der Waals surface area contributed by atoms with Gasteiger partial charge in [0.15, 0.2) is 6.54 Å². The van der Waals surface area contributed by atoms with Gasteiger partial charge < -0.3 is 15.0 Å². The van der Waals surface area contributed by atoms with Gasteiger partial charge in [-0.05, 0) is 48.5 Å². The van der Waals surface area contributed by atoms with E-state index in [-0.39, 0.29) is 5.91 Å². The molecule has 0 aliphatic heterocycles. The van der Waals surface area contributed by atoms with E-state index in [1.807, 2.05) is 55.6 Å². The third kappa shape index (κ3) is 6.43. The van der Waals surface area contributed by atoms with E-state index in [2.05, 4.69) is 5.32 Å². The lowest BCUT2D eigenvalue weighted by Gasteiger charge is -2.14. The van der Waals surface area contributed by atoms with Gasteiger partial charge in [0, 0.05) is 21.4 Å². The second-order valence-electron chi connectivity index (χ2n) is 5.46. The lowest BCUT2D eigenvalue weighted by atomic mass is 10.3. The van der Waals surface area contributed by atoms with Gasteiger partial charge in [-0.15, -0.1) is 11.8 Å². The number of benzene rings is 2. The van der Waals surface area contributed by atoms with Crippen LogP contribution in [0.4, 0.5) is 5.69 Å². The van der Waals surface area contributed by atoms with Crippen LogP contribution in [-0.4, -0.2) is 38.9 Å². The van der Waals surface area contributed by atoms with E-state index in [4.69, 9.17) is 16.3 Å². The lowest BCUT2D eigenvalue weighted by molar-refractivity contribution is -0.868. The Balaban J connectivity index is 1.69. The van der Waals surface area contributed by atoms with Gasteiger partial charge in [0.2, 0.25) is 0 Å². The number of anilines is 1. The van der Waals surface area contributed by atoms with Crippen LogP contribution in [0.15, 0.2) is 53.4 Å². The molecule has 24 heavy (non-hydrogen) atoms. The maximum atomic E-state index is 12.1. The number of amides is 1. The fourth-order valence-electron chi connectivity index (χ4n) is 2.12. The van der Waals surface area contributed by atoms with Gasteiger partial charge in [-0.2, -0.15) is 0 Å². The molecule has 0 aromatic heterocycles. The first-order valence-corrected chi connectivity index (χ1v) is 9.07. The summed E-state index contributed by atoms with van der Waals surface area (Å²) >= 11 is 7.64. The maximum absolute atomic E-state index is 12.1. The van der Waals surface area contributed by atoms with Crippen LogP contribution in [0.1, 0.15) is 0 Å². The first-order chi connectivity index (χ1) is 11.6. The molecule has 0 fully saturated rings. The summed E-state index contributed by atoms with van der Waals surface area (Å²) in [5.41, 5.74) is 0.782. The highest BCUT2D eigenvalue weighted by molar-refractivity contribution is 7.99. The molecule has 1 amide bonds. The van der Waals surface area contributed by atoms with Crippen LogP contribution in [0.3, 0.4) is 0 Å². The summed E-state index contributed by atoms with van der Waals surface area (Å²) in [5, 5.41) is 3.65. The first kappa shape index (κ1) is 18.6. The molecule has 0 spiro atoms. The van der Waals surface area contributed by atoms with Gasteiger partial charge in [0.1, 0.15) is 5.75 Å². The molecule has 2 N–H and O–H groups in total. The van der Waals surface area contributed by atoms with Crippen molar-refractivity contribution in [1.29, 1.82) is 0 Å². The van der Waals surface area contributed by atoms with E-state index in [1.165, 1.54) is 9.80 Å². The molecule has 0 saturated carbocycles. The summed E-state index contributed by atoms with van der Waals surface area (Å²) in [6.07, 6.45) is 0. The predicted molar refractivity (Wildman–Crippen MR) is 100 cm³/mol. The quantitative estimate of drug-likeness (QED) is 0.707. The Labute approximate surface area is 152 Å². The van der Waals surface area contributed by atoms with Gasteiger partial charge in [-0.3, -0.25) is 4.79 Å². The molecule has 6 heteroatoms. The van der Waals surface area contributed by atoms with E-state index in [0.29, 0.717) is 6.54 Å². The van der Waals surface area contributed by atoms with Crippen molar-refractivity contribution in [3.8, 4) is 5.75 Å². The third-order valence-corrected chi connectivity index (χ3v) is 4.71. The van der Waals surface area contributed by atoms with Crippen molar-refractivity contribution in [2.75, 3.05) is 38.3 Å². The van der Waals surface area contributed by atoms with Crippen molar-refractivity contribution in [1.82, 2.24) is 0 Å². The average molecular weight is 366 g/mol. The number of carbonyl (C=O) groups is 1.